The van der Waals surface area contributed by atoms with Crippen molar-refractivity contribution < 1.29 is 19.5 Å². The molecule has 1 saturated heterocycles. The van der Waals surface area contributed by atoms with Gasteiger partial charge in [-0.15, -0.1) is 0 Å². The van der Waals surface area contributed by atoms with Crippen molar-refractivity contribution in [1.29, 1.82) is 0 Å². The minimum absolute atomic E-state index is 0.143. The van der Waals surface area contributed by atoms with Gasteiger partial charge in [-0.25, -0.2) is 4.79 Å². The first-order valence-corrected chi connectivity index (χ1v) is 10.5. The van der Waals surface area contributed by atoms with Crippen LogP contribution in [0.5, 0.6) is 0 Å². The van der Waals surface area contributed by atoms with Crippen molar-refractivity contribution >= 4 is 57.8 Å². The number of amides is 2. The number of hydrogen-bond donors (Lipinski definition) is 2. The lowest BCUT2D eigenvalue weighted by molar-refractivity contribution is -0.122. The van der Waals surface area contributed by atoms with Crippen molar-refractivity contribution in [2.24, 2.45) is 0 Å². The Labute approximate surface area is 184 Å². The monoisotopic (exact) mass is 440 g/mol. The summed E-state index contributed by atoms with van der Waals surface area (Å²) in [6.07, 6.45) is 2.50. The lowest BCUT2D eigenvalue weighted by Crippen LogP contribution is -2.29. The molecule has 1 fully saturated rings. The third-order valence-corrected chi connectivity index (χ3v) is 5.83. The van der Waals surface area contributed by atoms with Gasteiger partial charge in [0, 0.05) is 18.7 Å². The van der Waals surface area contributed by atoms with Gasteiger partial charge < -0.3 is 10.4 Å². The summed E-state index contributed by atoms with van der Waals surface area (Å²) in [6, 6.07) is 13.8. The Morgan fingerprint density at radius 1 is 1.13 bits per heavy atom. The summed E-state index contributed by atoms with van der Waals surface area (Å²) >= 11 is 6.59. The Bertz CT molecular complexity index is 1010. The molecular weight excluding hydrogens is 420 g/mol. The van der Waals surface area contributed by atoms with Crippen LogP contribution in [0, 0.1) is 6.92 Å². The van der Waals surface area contributed by atoms with E-state index in [0.29, 0.717) is 27.9 Å². The Kier molecular flexibility index (Phi) is 7.02. The number of aryl methyl sites for hydroxylation is 1. The van der Waals surface area contributed by atoms with Crippen LogP contribution in [-0.2, 0) is 9.59 Å². The molecule has 2 aromatic rings. The fraction of sp³-hybridized carbons (Fsp3) is 0.182. The van der Waals surface area contributed by atoms with E-state index in [1.165, 1.54) is 28.8 Å². The Morgan fingerprint density at radius 3 is 2.43 bits per heavy atom. The molecule has 3 rings (SSSR count). The van der Waals surface area contributed by atoms with Crippen LogP contribution >= 0.6 is 24.0 Å². The SMILES string of the molecule is Cc1ccc(C=C2SC(=S)N(CCCC(=O)Nc3ccc(C(=O)O)cc3)C2=O)cc1. The summed E-state index contributed by atoms with van der Waals surface area (Å²) in [7, 11) is 0. The van der Waals surface area contributed by atoms with Crippen molar-refractivity contribution in [3.8, 4) is 0 Å². The maximum Gasteiger partial charge on any atom is 0.335 e. The van der Waals surface area contributed by atoms with Gasteiger partial charge in [0.1, 0.15) is 4.32 Å². The highest BCUT2D eigenvalue weighted by molar-refractivity contribution is 8.26. The van der Waals surface area contributed by atoms with Crippen LogP contribution < -0.4 is 5.32 Å². The van der Waals surface area contributed by atoms with Gasteiger partial charge in [0.25, 0.3) is 5.91 Å². The number of carbonyl (C=O) groups is 3. The summed E-state index contributed by atoms with van der Waals surface area (Å²) < 4.78 is 0.489. The highest BCUT2D eigenvalue weighted by atomic mass is 32.2. The number of anilines is 1. The normalized spacial score (nSPS) is 15.0. The molecular formula is C22H20N2O4S2. The van der Waals surface area contributed by atoms with Gasteiger partial charge in [0.2, 0.25) is 5.91 Å². The summed E-state index contributed by atoms with van der Waals surface area (Å²) in [4.78, 5) is 37.7. The van der Waals surface area contributed by atoms with E-state index < -0.39 is 5.97 Å². The van der Waals surface area contributed by atoms with Gasteiger partial charge in [-0.05, 0) is 49.2 Å². The van der Waals surface area contributed by atoms with Crippen LogP contribution in [0.25, 0.3) is 6.08 Å². The van der Waals surface area contributed by atoms with E-state index in [-0.39, 0.29) is 23.8 Å². The lowest BCUT2D eigenvalue weighted by atomic mass is 10.1. The van der Waals surface area contributed by atoms with E-state index in [4.69, 9.17) is 17.3 Å². The Morgan fingerprint density at radius 2 is 1.80 bits per heavy atom. The number of carboxylic acid groups (broad SMARTS) is 1. The maximum atomic E-state index is 12.6. The van der Waals surface area contributed by atoms with E-state index in [9.17, 15) is 14.4 Å². The summed E-state index contributed by atoms with van der Waals surface area (Å²) in [5, 5.41) is 11.6. The molecule has 2 aromatic carbocycles. The molecule has 0 unspecified atom stereocenters. The zero-order valence-electron chi connectivity index (χ0n) is 16.3. The molecule has 1 aliphatic rings. The summed E-state index contributed by atoms with van der Waals surface area (Å²) in [5.74, 6) is -1.37. The third-order valence-electron chi connectivity index (χ3n) is 4.45. The van der Waals surface area contributed by atoms with Gasteiger partial charge in [0.05, 0.1) is 10.5 Å². The number of nitrogens with one attached hydrogen (secondary N) is 1. The molecule has 8 heteroatoms. The van der Waals surface area contributed by atoms with E-state index in [0.717, 1.165) is 11.1 Å². The van der Waals surface area contributed by atoms with Crippen molar-refractivity contribution in [2.45, 2.75) is 19.8 Å². The quantitative estimate of drug-likeness (QED) is 0.493. The molecule has 0 aromatic heterocycles. The number of thioether (sulfide) groups is 1. The van der Waals surface area contributed by atoms with Gasteiger partial charge in [-0.1, -0.05) is 53.8 Å². The second-order valence-electron chi connectivity index (χ2n) is 6.78. The number of thiocarbonyl (C=S) groups is 1. The number of rotatable bonds is 7. The van der Waals surface area contributed by atoms with Crippen molar-refractivity contribution in [3.05, 3.63) is 70.1 Å². The molecule has 0 atom stereocenters. The molecule has 0 aliphatic carbocycles. The zero-order valence-corrected chi connectivity index (χ0v) is 17.9. The van der Waals surface area contributed by atoms with E-state index in [1.807, 2.05) is 37.3 Å². The highest BCUT2D eigenvalue weighted by Gasteiger charge is 2.31. The smallest absolute Gasteiger partial charge is 0.335 e. The van der Waals surface area contributed by atoms with Crippen LogP contribution in [0.4, 0.5) is 5.69 Å². The minimum atomic E-state index is -1.02. The van der Waals surface area contributed by atoms with E-state index >= 15 is 0 Å². The van der Waals surface area contributed by atoms with Crippen LogP contribution in [0.3, 0.4) is 0 Å². The average molecular weight is 441 g/mol. The molecule has 0 saturated carbocycles. The van der Waals surface area contributed by atoms with Gasteiger partial charge >= 0.3 is 5.97 Å². The molecule has 1 aliphatic heterocycles. The largest absolute Gasteiger partial charge is 0.478 e. The minimum Gasteiger partial charge on any atom is -0.478 e. The van der Waals surface area contributed by atoms with Crippen LogP contribution in [-0.4, -0.2) is 38.7 Å². The lowest BCUT2D eigenvalue weighted by Gasteiger charge is -2.14. The van der Waals surface area contributed by atoms with E-state index in [2.05, 4.69) is 5.32 Å². The van der Waals surface area contributed by atoms with E-state index in [1.54, 1.807) is 12.1 Å². The second kappa shape index (κ2) is 9.69. The fourth-order valence-electron chi connectivity index (χ4n) is 2.82. The van der Waals surface area contributed by atoms with Crippen molar-refractivity contribution in [3.63, 3.8) is 0 Å². The number of carboxylic acids is 1. The first kappa shape index (κ1) is 21.7. The maximum absolute atomic E-state index is 12.6. The third kappa shape index (κ3) is 5.55. The first-order chi connectivity index (χ1) is 14.3. The molecule has 0 radical (unpaired) electrons. The number of nitrogens with zero attached hydrogens (tertiary/aromatic N) is 1. The van der Waals surface area contributed by atoms with Gasteiger partial charge in [-0.3, -0.25) is 14.5 Å². The first-order valence-electron chi connectivity index (χ1n) is 9.29. The summed E-state index contributed by atoms with van der Waals surface area (Å²) in [5.41, 5.74) is 2.77. The predicted octanol–water partition coefficient (Wildman–Crippen LogP) is 4.31. The molecule has 6 nitrogen and oxygen atoms in total. The Balaban J connectivity index is 1.51. The number of hydrogen-bond acceptors (Lipinski definition) is 5. The molecule has 2 amide bonds. The second-order valence-corrected chi connectivity index (χ2v) is 8.45. The Hall–Kier alpha value is -2.97. The fourth-order valence-corrected chi connectivity index (χ4v) is 4.13. The van der Waals surface area contributed by atoms with Crippen LogP contribution in [0.15, 0.2) is 53.4 Å². The van der Waals surface area contributed by atoms with Crippen molar-refractivity contribution in [1.82, 2.24) is 4.90 Å². The average Bonchev–Trinajstić information content (AvgIpc) is 2.97. The molecule has 30 heavy (non-hydrogen) atoms. The predicted molar refractivity (Wildman–Crippen MR) is 122 cm³/mol. The van der Waals surface area contributed by atoms with Crippen LogP contribution in [0.2, 0.25) is 0 Å². The van der Waals surface area contributed by atoms with Gasteiger partial charge in [-0.2, -0.15) is 0 Å². The molecule has 1 heterocycles. The topological polar surface area (TPSA) is 86.7 Å². The molecule has 0 bridgehead atoms. The van der Waals surface area contributed by atoms with Gasteiger partial charge in [0.15, 0.2) is 0 Å². The highest BCUT2D eigenvalue weighted by Crippen LogP contribution is 2.32. The van der Waals surface area contributed by atoms with Crippen molar-refractivity contribution in [2.75, 3.05) is 11.9 Å². The molecule has 2 N–H and O–H groups in total. The molecule has 154 valence electrons. The van der Waals surface area contributed by atoms with Crippen LogP contribution in [0.1, 0.15) is 34.3 Å². The number of benzene rings is 2. The zero-order chi connectivity index (χ0) is 21.7. The standard InChI is InChI=1S/C22H20N2O4S2/c1-14-4-6-15(7-5-14)13-18-20(26)24(22(29)30-18)12-2-3-19(25)23-17-10-8-16(9-11-17)21(27)28/h4-11,13H,2-3,12H2,1H3,(H,23,25)(H,27,28). The number of aromatic carboxylic acids is 1. The summed E-state index contributed by atoms with van der Waals surface area (Å²) in [6.45, 7) is 2.37. The number of carbonyl (C=O) groups excluding carboxylic acids is 2. The molecule has 0 spiro atoms.